The highest BCUT2D eigenvalue weighted by molar-refractivity contribution is 5.33. The molecule has 92 valence electrons. The van der Waals surface area contributed by atoms with Gasteiger partial charge < -0.3 is 10.5 Å². The Hall–Kier alpha value is -1.06. The maximum Gasteiger partial charge on any atom is 0.123 e. The van der Waals surface area contributed by atoms with E-state index in [4.69, 9.17) is 10.5 Å². The van der Waals surface area contributed by atoms with Crippen LogP contribution in [0.25, 0.3) is 0 Å². The summed E-state index contributed by atoms with van der Waals surface area (Å²) in [5.41, 5.74) is 7.48. The number of ether oxygens (including phenoxy) is 1. The lowest BCUT2D eigenvalue weighted by Gasteiger charge is -2.23. The zero-order valence-electron chi connectivity index (χ0n) is 10.1. The van der Waals surface area contributed by atoms with Crippen LogP contribution in [0.2, 0.25) is 0 Å². The largest absolute Gasteiger partial charge is 0.492 e. The van der Waals surface area contributed by atoms with Crippen molar-refractivity contribution >= 4 is 0 Å². The lowest BCUT2D eigenvalue weighted by Crippen LogP contribution is -2.39. The average Bonchev–Trinajstić information content (AvgIpc) is 3.15. The fraction of sp³-hybridized carbons (Fsp3) is 0.571. The molecule has 1 aromatic rings. The number of nitrogens with two attached hydrogens (primary N) is 1. The van der Waals surface area contributed by atoms with Crippen LogP contribution in [-0.4, -0.2) is 30.6 Å². The van der Waals surface area contributed by atoms with Gasteiger partial charge in [-0.25, -0.2) is 0 Å². The van der Waals surface area contributed by atoms with Gasteiger partial charge >= 0.3 is 0 Å². The van der Waals surface area contributed by atoms with E-state index in [1.165, 1.54) is 18.4 Å². The van der Waals surface area contributed by atoms with E-state index in [2.05, 4.69) is 23.1 Å². The van der Waals surface area contributed by atoms with Crippen molar-refractivity contribution in [3.05, 3.63) is 29.8 Å². The minimum atomic E-state index is 0.347. The summed E-state index contributed by atoms with van der Waals surface area (Å²) in [4.78, 5) is 2.43. The SMILES string of the molecule is NC(CN1CCOc2ccccc2C1)C1CC1. The number of rotatable bonds is 3. The van der Waals surface area contributed by atoms with Gasteiger partial charge in [-0.05, 0) is 24.8 Å². The van der Waals surface area contributed by atoms with Gasteiger partial charge in [-0.15, -0.1) is 0 Å². The van der Waals surface area contributed by atoms with Crippen LogP contribution in [0.3, 0.4) is 0 Å². The van der Waals surface area contributed by atoms with E-state index in [9.17, 15) is 0 Å². The predicted octanol–water partition coefficient (Wildman–Crippen LogP) is 1.62. The van der Waals surface area contributed by atoms with Gasteiger partial charge in [-0.2, -0.15) is 0 Å². The molecule has 1 aliphatic heterocycles. The molecule has 3 nitrogen and oxygen atoms in total. The molecule has 3 rings (SSSR count). The lowest BCUT2D eigenvalue weighted by atomic mass is 10.1. The summed E-state index contributed by atoms with van der Waals surface area (Å²) in [6.45, 7) is 3.72. The fourth-order valence-electron chi connectivity index (χ4n) is 2.51. The van der Waals surface area contributed by atoms with Crippen LogP contribution in [0.4, 0.5) is 0 Å². The summed E-state index contributed by atoms with van der Waals surface area (Å²) in [5, 5.41) is 0. The monoisotopic (exact) mass is 232 g/mol. The molecule has 3 heteroatoms. The van der Waals surface area contributed by atoms with Gasteiger partial charge in [-0.3, -0.25) is 4.90 Å². The van der Waals surface area contributed by atoms with Crippen LogP contribution >= 0.6 is 0 Å². The molecule has 1 saturated carbocycles. The summed E-state index contributed by atoms with van der Waals surface area (Å²) in [5.74, 6) is 1.81. The third kappa shape index (κ3) is 2.61. The first-order valence-electron chi connectivity index (χ1n) is 6.51. The molecule has 0 amide bonds. The van der Waals surface area contributed by atoms with E-state index in [0.29, 0.717) is 6.04 Å². The van der Waals surface area contributed by atoms with Crippen molar-refractivity contribution in [2.24, 2.45) is 11.7 Å². The van der Waals surface area contributed by atoms with Gasteiger partial charge in [0, 0.05) is 31.2 Å². The molecule has 1 atom stereocenters. The van der Waals surface area contributed by atoms with E-state index in [1.807, 2.05) is 6.07 Å². The van der Waals surface area contributed by atoms with E-state index in [0.717, 1.165) is 37.9 Å². The van der Waals surface area contributed by atoms with Crippen molar-refractivity contribution < 1.29 is 4.74 Å². The fourth-order valence-corrected chi connectivity index (χ4v) is 2.51. The van der Waals surface area contributed by atoms with Crippen molar-refractivity contribution in [2.75, 3.05) is 19.7 Å². The quantitative estimate of drug-likeness (QED) is 0.860. The Kier molecular flexibility index (Phi) is 3.04. The number of benzene rings is 1. The highest BCUT2D eigenvalue weighted by atomic mass is 16.5. The Labute approximate surface area is 103 Å². The van der Waals surface area contributed by atoms with Crippen LogP contribution in [-0.2, 0) is 6.54 Å². The van der Waals surface area contributed by atoms with Crippen molar-refractivity contribution in [3.63, 3.8) is 0 Å². The van der Waals surface area contributed by atoms with Crippen LogP contribution < -0.4 is 10.5 Å². The molecule has 2 N–H and O–H groups in total. The summed E-state index contributed by atoms with van der Waals surface area (Å²) in [6, 6.07) is 8.66. The van der Waals surface area contributed by atoms with Crippen molar-refractivity contribution in [3.8, 4) is 5.75 Å². The normalized spacial score (nSPS) is 22.4. The maximum absolute atomic E-state index is 6.20. The topological polar surface area (TPSA) is 38.5 Å². The third-order valence-electron chi connectivity index (χ3n) is 3.73. The van der Waals surface area contributed by atoms with Crippen molar-refractivity contribution in [2.45, 2.75) is 25.4 Å². The molecular formula is C14H20N2O. The second-order valence-corrected chi connectivity index (χ2v) is 5.19. The molecule has 0 saturated heterocycles. The van der Waals surface area contributed by atoms with Gasteiger partial charge in [0.25, 0.3) is 0 Å². The van der Waals surface area contributed by atoms with Gasteiger partial charge in [0.2, 0.25) is 0 Å². The minimum absolute atomic E-state index is 0.347. The van der Waals surface area contributed by atoms with Crippen LogP contribution in [0.1, 0.15) is 18.4 Å². The van der Waals surface area contributed by atoms with Crippen molar-refractivity contribution in [1.29, 1.82) is 0 Å². The maximum atomic E-state index is 6.20. The Balaban J connectivity index is 1.67. The molecule has 2 aliphatic rings. The lowest BCUT2D eigenvalue weighted by molar-refractivity contribution is 0.211. The van der Waals surface area contributed by atoms with Crippen LogP contribution in [0, 0.1) is 5.92 Å². The third-order valence-corrected chi connectivity index (χ3v) is 3.73. The average molecular weight is 232 g/mol. The Bertz CT molecular complexity index is 390. The molecule has 17 heavy (non-hydrogen) atoms. The van der Waals surface area contributed by atoms with E-state index in [-0.39, 0.29) is 0 Å². The Morgan fingerprint density at radius 1 is 1.35 bits per heavy atom. The van der Waals surface area contributed by atoms with Gasteiger partial charge in [0.05, 0.1) is 0 Å². The molecule has 1 aromatic carbocycles. The standard InChI is InChI=1S/C14H20N2O/c15-13(11-5-6-11)10-16-7-8-17-14-4-2-1-3-12(14)9-16/h1-4,11,13H,5-10,15H2. The van der Waals surface area contributed by atoms with E-state index in [1.54, 1.807) is 0 Å². The van der Waals surface area contributed by atoms with Crippen LogP contribution in [0.5, 0.6) is 5.75 Å². The molecule has 1 heterocycles. The van der Waals surface area contributed by atoms with E-state index < -0.39 is 0 Å². The first-order valence-corrected chi connectivity index (χ1v) is 6.51. The number of nitrogens with zero attached hydrogens (tertiary/aromatic N) is 1. The number of hydrogen-bond acceptors (Lipinski definition) is 3. The molecule has 0 spiro atoms. The second kappa shape index (κ2) is 4.67. The molecule has 1 aliphatic carbocycles. The van der Waals surface area contributed by atoms with Crippen LogP contribution in [0.15, 0.2) is 24.3 Å². The summed E-state index contributed by atoms with van der Waals surface area (Å²) >= 11 is 0. The summed E-state index contributed by atoms with van der Waals surface area (Å²) in [6.07, 6.45) is 2.64. The highest BCUT2D eigenvalue weighted by Crippen LogP contribution is 2.32. The van der Waals surface area contributed by atoms with E-state index >= 15 is 0 Å². The Morgan fingerprint density at radius 3 is 3.00 bits per heavy atom. The molecule has 0 aromatic heterocycles. The van der Waals surface area contributed by atoms with Gasteiger partial charge in [0.1, 0.15) is 12.4 Å². The minimum Gasteiger partial charge on any atom is -0.492 e. The highest BCUT2D eigenvalue weighted by Gasteiger charge is 2.30. The molecular weight excluding hydrogens is 212 g/mol. The molecule has 1 unspecified atom stereocenters. The molecule has 0 radical (unpaired) electrons. The van der Waals surface area contributed by atoms with Gasteiger partial charge in [0.15, 0.2) is 0 Å². The first kappa shape index (κ1) is 11.1. The number of para-hydroxylation sites is 1. The number of hydrogen-bond donors (Lipinski definition) is 1. The first-order chi connectivity index (χ1) is 8.33. The predicted molar refractivity (Wildman–Crippen MR) is 67.9 cm³/mol. The van der Waals surface area contributed by atoms with Gasteiger partial charge in [-0.1, -0.05) is 18.2 Å². The zero-order chi connectivity index (χ0) is 11.7. The molecule has 1 fully saturated rings. The smallest absolute Gasteiger partial charge is 0.123 e. The second-order valence-electron chi connectivity index (χ2n) is 5.19. The molecule has 0 bridgehead atoms. The van der Waals surface area contributed by atoms with Crippen molar-refractivity contribution in [1.82, 2.24) is 4.90 Å². The number of fused-ring (bicyclic) bond motifs is 1. The summed E-state index contributed by atoms with van der Waals surface area (Å²) < 4.78 is 5.75. The zero-order valence-corrected chi connectivity index (χ0v) is 10.1. The Morgan fingerprint density at radius 2 is 2.18 bits per heavy atom. The summed E-state index contributed by atoms with van der Waals surface area (Å²) in [7, 11) is 0.